The second-order valence-corrected chi connectivity index (χ2v) is 6.88. The molecule has 0 saturated heterocycles. The molecule has 0 amide bonds. The third-order valence-electron chi connectivity index (χ3n) is 2.63. The van der Waals surface area contributed by atoms with E-state index in [0.717, 1.165) is 15.5 Å². The van der Waals surface area contributed by atoms with Gasteiger partial charge in [-0.3, -0.25) is 5.43 Å². The zero-order valence-corrected chi connectivity index (χ0v) is 13.1. The van der Waals surface area contributed by atoms with E-state index in [9.17, 15) is 8.42 Å². The van der Waals surface area contributed by atoms with Gasteiger partial charge in [0.15, 0.2) is 0 Å². The van der Waals surface area contributed by atoms with Gasteiger partial charge in [0, 0.05) is 16.1 Å². The van der Waals surface area contributed by atoms with Crippen LogP contribution in [0.3, 0.4) is 0 Å². The van der Waals surface area contributed by atoms with Gasteiger partial charge in [-0.15, -0.1) is 0 Å². The summed E-state index contributed by atoms with van der Waals surface area (Å²) in [6.45, 7) is 2.02. The zero-order chi connectivity index (χ0) is 14.6. The smallest absolute Gasteiger partial charge is 0.201 e. The number of hydrogen-bond acceptors (Lipinski definition) is 4. The molecule has 0 aromatic heterocycles. The number of benzene rings is 1. The zero-order valence-electron chi connectivity index (χ0n) is 10.7. The minimum atomic E-state index is -3.29. The number of nitrogens with one attached hydrogen (secondary N) is 1. The third-order valence-corrected chi connectivity index (χ3v) is 4.73. The molecule has 0 aliphatic carbocycles. The lowest BCUT2D eigenvalue weighted by molar-refractivity contribution is 0.612. The molecule has 0 saturated carbocycles. The van der Waals surface area contributed by atoms with Crippen LogP contribution in [0, 0.1) is 6.92 Å². The lowest BCUT2D eigenvalue weighted by Crippen LogP contribution is -2.01. The molecule has 1 aliphatic rings. The first-order chi connectivity index (χ1) is 9.49. The number of hydrazone groups is 1. The molecule has 1 N–H and O–H groups in total. The Bertz CT molecular complexity index is 714. The fraction of sp³-hybridized carbons (Fsp3) is 0.0714. The second kappa shape index (κ2) is 6.19. The van der Waals surface area contributed by atoms with Crippen LogP contribution in [0.1, 0.15) is 11.1 Å². The molecule has 0 unspecified atom stereocenters. The van der Waals surface area contributed by atoms with Crippen LogP contribution in [0.15, 0.2) is 58.0 Å². The van der Waals surface area contributed by atoms with Gasteiger partial charge in [-0.1, -0.05) is 29.8 Å². The molecule has 20 heavy (non-hydrogen) atoms. The molecule has 1 aromatic rings. The number of aryl methyl sites for hydroxylation is 1. The predicted molar refractivity (Wildman–Crippen MR) is 85.9 cm³/mol. The largest absolute Gasteiger partial charge is 0.285 e. The Morgan fingerprint density at radius 3 is 2.60 bits per heavy atom. The summed E-state index contributed by atoms with van der Waals surface area (Å²) in [5.74, 6) is 0. The number of hydrogen-bond donors (Lipinski definition) is 1. The van der Waals surface area contributed by atoms with E-state index >= 15 is 0 Å². The molecule has 0 fully saturated rings. The van der Waals surface area contributed by atoms with Crippen molar-refractivity contribution < 1.29 is 8.42 Å². The van der Waals surface area contributed by atoms with Crippen molar-refractivity contribution in [3.63, 3.8) is 0 Å². The van der Waals surface area contributed by atoms with Gasteiger partial charge in [0.1, 0.15) is 0 Å². The van der Waals surface area contributed by atoms with Crippen molar-refractivity contribution in [3.8, 4) is 0 Å². The summed E-state index contributed by atoms with van der Waals surface area (Å²) in [7, 11) is -3.29. The second-order valence-electron chi connectivity index (χ2n) is 4.19. The van der Waals surface area contributed by atoms with Crippen molar-refractivity contribution in [2.24, 2.45) is 5.10 Å². The minimum Gasteiger partial charge on any atom is -0.285 e. The van der Waals surface area contributed by atoms with E-state index in [1.807, 2.05) is 31.2 Å². The van der Waals surface area contributed by atoms with Gasteiger partial charge < -0.3 is 0 Å². The quantitative estimate of drug-likeness (QED) is 0.669. The topological polar surface area (TPSA) is 58.5 Å². The monoisotopic (exact) mass is 352 g/mol. The van der Waals surface area contributed by atoms with E-state index in [0.29, 0.717) is 0 Å². The molecule has 6 heteroatoms. The van der Waals surface area contributed by atoms with Gasteiger partial charge in [0.05, 0.1) is 11.1 Å². The van der Waals surface area contributed by atoms with Gasteiger partial charge in [-0.05, 0) is 40.6 Å². The SMILES string of the molecule is Cc1ccc(/C(Br)=C/N/N=C\C2=CC=CS2(=O)=O)cc1. The molecule has 1 heterocycles. The molecule has 0 atom stereocenters. The van der Waals surface area contributed by atoms with Gasteiger partial charge >= 0.3 is 0 Å². The Morgan fingerprint density at radius 2 is 2.00 bits per heavy atom. The lowest BCUT2D eigenvalue weighted by atomic mass is 10.1. The highest BCUT2D eigenvalue weighted by Crippen LogP contribution is 2.20. The first-order valence-corrected chi connectivity index (χ1v) is 8.18. The Hall–Kier alpha value is -1.66. The summed E-state index contributed by atoms with van der Waals surface area (Å²) in [6, 6.07) is 7.98. The number of nitrogens with zero attached hydrogens (tertiary/aromatic N) is 1. The maximum absolute atomic E-state index is 11.4. The van der Waals surface area contributed by atoms with Crippen molar-refractivity contribution in [2.75, 3.05) is 0 Å². The van der Waals surface area contributed by atoms with Crippen LogP contribution in [0.4, 0.5) is 0 Å². The first-order valence-electron chi connectivity index (χ1n) is 5.84. The number of rotatable bonds is 4. The van der Waals surface area contributed by atoms with Crippen molar-refractivity contribution >= 4 is 36.5 Å². The highest BCUT2D eigenvalue weighted by Gasteiger charge is 2.15. The fourth-order valence-corrected chi connectivity index (χ4v) is 2.80. The van der Waals surface area contributed by atoms with E-state index in [1.54, 1.807) is 6.20 Å². The third kappa shape index (κ3) is 3.68. The Labute approximate surface area is 126 Å². The summed E-state index contributed by atoms with van der Waals surface area (Å²) >= 11 is 3.43. The molecular weight excluding hydrogens is 340 g/mol. The summed E-state index contributed by atoms with van der Waals surface area (Å²) in [4.78, 5) is 0.171. The summed E-state index contributed by atoms with van der Waals surface area (Å²) in [6.07, 6.45) is 5.91. The van der Waals surface area contributed by atoms with Crippen LogP contribution >= 0.6 is 15.9 Å². The number of allylic oxidation sites excluding steroid dienone is 3. The fourth-order valence-electron chi connectivity index (χ4n) is 1.52. The Morgan fingerprint density at radius 1 is 1.30 bits per heavy atom. The molecule has 4 nitrogen and oxygen atoms in total. The summed E-state index contributed by atoms with van der Waals surface area (Å²) in [5.41, 5.74) is 4.88. The van der Waals surface area contributed by atoms with Gasteiger partial charge in [-0.2, -0.15) is 5.10 Å². The average Bonchev–Trinajstić information content (AvgIpc) is 2.74. The molecule has 1 aliphatic heterocycles. The van der Waals surface area contributed by atoms with E-state index < -0.39 is 9.84 Å². The minimum absolute atomic E-state index is 0.171. The van der Waals surface area contributed by atoms with Gasteiger partial charge in [-0.25, -0.2) is 8.42 Å². The van der Waals surface area contributed by atoms with E-state index in [4.69, 9.17) is 0 Å². The molecule has 1 aromatic carbocycles. The molecule has 0 bridgehead atoms. The van der Waals surface area contributed by atoms with E-state index in [-0.39, 0.29) is 4.91 Å². The first kappa shape index (κ1) is 14.7. The Balaban J connectivity index is 1.98. The van der Waals surface area contributed by atoms with Crippen LogP contribution in [0.2, 0.25) is 0 Å². The number of sulfone groups is 1. The lowest BCUT2D eigenvalue weighted by Gasteiger charge is -2.00. The van der Waals surface area contributed by atoms with Crippen molar-refractivity contribution in [1.29, 1.82) is 0 Å². The predicted octanol–water partition coefficient (Wildman–Crippen LogP) is 3.09. The van der Waals surface area contributed by atoms with Crippen molar-refractivity contribution in [2.45, 2.75) is 6.92 Å². The van der Waals surface area contributed by atoms with Crippen LogP contribution in [0.25, 0.3) is 4.48 Å². The molecule has 104 valence electrons. The standard InChI is InChI=1S/C14H13BrN2O2S/c1-11-4-6-12(7-5-11)14(15)10-17-16-9-13-3-2-8-20(13,18)19/h2-10,17H,1H3/b14-10-,16-9-. The van der Waals surface area contributed by atoms with Crippen molar-refractivity contribution in [1.82, 2.24) is 5.43 Å². The average molecular weight is 353 g/mol. The molecule has 0 spiro atoms. The van der Waals surface area contributed by atoms with Crippen LogP contribution < -0.4 is 5.43 Å². The van der Waals surface area contributed by atoms with Gasteiger partial charge in [0.2, 0.25) is 9.84 Å². The summed E-state index contributed by atoms with van der Waals surface area (Å²) in [5, 5.41) is 5.01. The summed E-state index contributed by atoms with van der Waals surface area (Å²) < 4.78 is 23.7. The highest BCUT2D eigenvalue weighted by molar-refractivity contribution is 9.15. The molecule has 2 rings (SSSR count). The maximum Gasteiger partial charge on any atom is 0.201 e. The molecular formula is C14H13BrN2O2S. The van der Waals surface area contributed by atoms with Crippen LogP contribution in [-0.4, -0.2) is 14.6 Å². The number of halogens is 1. The van der Waals surface area contributed by atoms with Crippen LogP contribution in [-0.2, 0) is 9.84 Å². The Kier molecular flexibility index (Phi) is 4.57. The van der Waals surface area contributed by atoms with E-state index in [2.05, 4.69) is 26.5 Å². The van der Waals surface area contributed by atoms with Crippen LogP contribution in [0.5, 0.6) is 0 Å². The normalized spacial score (nSPS) is 17.5. The van der Waals surface area contributed by atoms with Gasteiger partial charge in [0.25, 0.3) is 0 Å². The molecule has 0 radical (unpaired) electrons. The maximum atomic E-state index is 11.4. The van der Waals surface area contributed by atoms with E-state index in [1.165, 1.54) is 23.9 Å². The highest BCUT2D eigenvalue weighted by atomic mass is 79.9. The van der Waals surface area contributed by atoms with Crippen molar-refractivity contribution in [3.05, 3.63) is 64.1 Å².